The van der Waals surface area contributed by atoms with Crippen LogP contribution in [0.4, 0.5) is 26.4 Å². The van der Waals surface area contributed by atoms with E-state index in [1.54, 1.807) is 38.5 Å². The molecule has 8 nitrogen and oxygen atoms in total. The number of amides is 2. The number of fused-ring (bicyclic) bond motifs is 1. The Morgan fingerprint density at radius 1 is 0.939 bits per heavy atom. The maximum absolute atomic E-state index is 13.7. The Balaban J connectivity index is 1.46. The number of carbonyl (C=O) groups is 1. The van der Waals surface area contributed by atoms with Gasteiger partial charge in [-0.05, 0) is 35.9 Å². The Bertz CT molecular complexity index is 1300. The molecule has 0 aliphatic rings. The number of benzene rings is 3. The lowest BCUT2D eigenvalue weighted by atomic mass is 10.1. The molecule has 4 aromatic rings. The van der Waals surface area contributed by atoms with E-state index >= 15 is 0 Å². The number of rotatable bonds is 7. The maximum atomic E-state index is 13.7. The topological polar surface area (TPSA) is 97.4 Å². The Morgan fingerprint density at radius 2 is 1.73 bits per heavy atom. The Hall–Kier alpha value is -4.40. The number of para-hydroxylation sites is 1. The molecule has 3 aromatic carbocycles. The van der Waals surface area contributed by atoms with E-state index < -0.39 is 11.8 Å². The third-order valence-electron chi connectivity index (χ3n) is 4.91. The van der Waals surface area contributed by atoms with Crippen molar-refractivity contribution in [3.8, 4) is 11.5 Å². The molecule has 9 heteroatoms. The van der Waals surface area contributed by atoms with Crippen molar-refractivity contribution in [3.05, 3.63) is 78.4 Å². The number of nitrogens with one attached hydrogen (secondary N) is 3. The predicted molar refractivity (Wildman–Crippen MR) is 125 cm³/mol. The molecule has 168 valence electrons. The molecule has 0 aliphatic heterocycles. The number of anilines is 3. The summed E-state index contributed by atoms with van der Waals surface area (Å²) in [6.07, 6.45) is 1.47. The van der Waals surface area contributed by atoms with Crippen molar-refractivity contribution in [2.45, 2.75) is 6.54 Å². The van der Waals surface area contributed by atoms with Crippen LogP contribution >= 0.6 is 0 Å². The van der Waals surface area contributed by atoms with E-state index in [9.17, 15) is 9.18 Å². The van der Waals surface area contributed by atoms with Gasteiger partial charge in [-0.3, -0.25) is 0 Å². The summed E-state index contributed by atoms with van der Waals surface area (Å²) in [6.45, 7) is 0.449. The molecule has 0 atom stereocenters. The fourth-order valence-corrected chi connectivity index (χ4v) is 3.32. The smallest absolute Gasteiger partial charge is 0.323 e. The van der Waals surface area contributed by atoms with Crippen LogP contribution in [-0.4, -0.2) is 30.2 Å². The summed E-state index contributed by atoms with van der Waals surface area (Å²) in [5.41, 5.74) is 2.30. The van der Waals surface area contributed by atoms with Crippen LogP contribution in [0.25, 0.3) is 10.9 Å². The van der Waals surface area contributed by atoms with Gasteiger partial charge in [-0.25, -0.2) is 19.2 Å². The first-order chi connectivity index (χ1) is 16.1. The summed E-state index contributed by atoms with van der Waals surface area (Å²) in [5.74, 6) is 1.30. The van der Waals surface area contributed by atoms with E-state index in [4.69, 9.17) is 9.47 Å². The van der Waals surface area contributed by atoms with Crippen molar-refractivity contribution in [3.63, 3.8) is 0 Å². The van der Waals surface area contributed by atoms with E-state index in [1.165, 1.54) is 18.5 Å². The Labute approximate surface area is 189 Å². The van der Waals surface area contributed by atoms with Crippen LogP contribution in [0.15, 0.2) is 67.0 Å². The van der Waals surface area contributed by atoms with Crippen molar-refractivity contribution < 1.29 is 18.7 Å². The molecule has 0 saturated carbocycles. The van der Waals surface area contributed by atoms with E-state index in [2.05, 4.69) is 25.9 Å². The third-order valence-corrected chi connectivity index (χ3v) is 4.91. The van der Waals surface area contributed by atoms with Crippen LogP contribution in [-0.2, 0) is 6.54 Å². The van der Waals surface area contributed by atoms with Crippen LogP contribution in [0.2, 0.25) is 0 Å². The van der Waals surface area contributed by atoms with Crippen LogP contribution in [0, 0.1) is 5.82 Å². The first kappa shape index (κ1) is 21.8. The Morgan fingerprint density at radius 3 is 2.52 bits per heavy atom. The van der Waals surface area contributed by atoms with E-state index in [-0.39, 0.29) is 5.69 Å². The second kappa shape index (κ2) is 9.82. The van der Waals surface area contributed by atoms with Crippen LogP contribution in [0.1, 0.15) is 5.56 Å². The molecule has 1 heterocycles. The molecule has 2 amide bonds. The lowest BCUT2D eigenvalue weighted by Crippen LogP contribution is -2.20. The molecule has 0 bridgehead atoms. The quantitative estimate of drug-likeness (QED) is 0.367. The van der Waals surface area contributed by atoms with Crippen molar-refractivity contribution >= 4 is 34.1 Å². The molecular formula is C24H22FN5O3. The van der Waals surface area contributed by atoms with Gasteiger partial charge >= 0.3 is 6.03 Å². The molecule has 33 heavy (non-hydrogen) atoms. The monoisotopic (exact) mass is 447 g/mol. The fourth-order valence-electron chi connectivity index (χ4n) is 3.32. The van der Waals surface area contributed by atoms with Gasteiger partial charge in [0.25, 0.3) is 0 Å². The lowest BCUT2D eigenvalue weighted by Gasteiger charge is -2.13. The largest absolute Gasteiger partial charge is 0.493 e. The van der Waals surface area contributed by atoms with Gasteiger partial charge in [-0.1, -0.05) is 24.3 Å². The first-order valence-corrected chi connectivity index (χ1v) is 10.1. The fraction of sp³-hybridized carbons (Fsp3) is 0.125. The second-order valence-corrected chi connectivity index (χ2v) is 7.06. The molecule has 0 fully saturated rings. The van der Waals surface area contributed by atoms with Crippen molar-refractivity contribution in [1.82, 2.24) is 9.97 Å². The zero-order valence-corrected chi connectivity index (χ0v) is 18.1. The van der Waals surface area contributed by atoms with Crippen LogP contribution < -0.4 is 25.4 Å². The van der Waals surface area contributed by atoms with Gasteiger partial charge in [-0.2, -0.15) is 0 Å². The van der Waals surface area contributed by atoms with Gasteiger partial charge in [-0.15, -0.1) is 0 Å². The average Bonchev–Trinajstić information content (AvgIpc) is 2.83. The maximum Gasteiger partial charge on any atom is 0.323 e. The highest BCUT2D eigenvalue weighted by atomic mass is 19.1. The third kappa shape index (κ3) is 5.09. The van der Waals surface area contributed by atoms with Gasteiger partial charge < -0.3 is 25.4 Å². The number of hydrogen-bond acceptors (Lipinski definition) is 6. The lowest BCUT2D eigenvalue weighted by molar-refractivity contribution is 0.262. The normalized spacial score (nSPS) is 10.5. The minimum absolute atomic E-state index is 0.107. The Kier molecular flexibility index (Phi) is 6.49. The van der Waals surface area contributed by atoms with Gasteiger partial charge in [0.2, 0.25) is 0 Å². The summed E-state index contributed by atoms with van der Waals surface area (Å²) in [5, 5.41) is 9.29. The van der Waals surface area contributed by atoms with Crippen molar-refractivity contribution in [2.24, 2.45) is 0 Å². The highest BCUT2D eigenvalue weighted by Gasteiger charge is 2.11. The standard InChI is InChI=1S/C24H22FN5O3/c1-32-21-11-17-20(12-22(21)33-2)27-14-28-23(17)26-13-15-6-5-7-16(10-15)29-24(31)30-19-9-4-3-8-18(19)25/h3-12,14H,13H2,1-2H3,(H,26,27,28)(H2,29,30,31). The highest BCUT2D eigenvalue weighted by Crippen LogP contribution is 2.33. The molecule has 0 aliphatic carbocycles. The molecule has 0 unspecified atom stereocenters. The SMILES string of the molecule is COc1cc2ncnc(NCc3cccc(NC(=O)Nc4ccccc4F)c3)c2cc1OC. The summed E-state index contributed by atoms with van der Waals surface area (Å²) >= 11 is 0. The molecular weight excluding hydrogens is 425 g/mol. The van der Waals surface area contributed by atoms with Gasteiger partial charge in [0.1, 0.15) is 18.0 Å². The summed E-state index contributed by atoms with van der Waals surface area (Å²) in [6, 6.07) is 16.4. The van der Waals surface area contributed by atoms with Crippen LogP contribution in [0.3, 0.4) is 0 Å². The van der Waals surface area contributed by atoms with Crippen molar-refractivity contribution in [1.29, 1.82) is 0 Å². The number of ether oxygens (including phenoxy) is 2. The van der Waals surface area contributed by atoms with Gasteiger partial charge in [0, 0.05) is 23.7 Å². The predicted octanol–water partition coefficient (Wildman–Crippen LogP) is 5.04. The van der Waals surface area contributed by atoms with Crippen LogP contribution in [0.5, 0.6) is 11.5 Å². The first-order valence-electron chi connectivity index (χ1n) is 10.1. The number of urea groups is 1. The van der Waals surface area contributed by atoms with Gasteiger partial charge in [0.15, 0.2) is 11.5 Å². The summed E-state index contributed by atoms with van der Waals surface area (Å²) < 4.78 is 24.5. The van der Waals surface area contributed by atoms with Crippen molar-refractivity contribution in [2.75, 3.05) is 30.2 Å². The molecule has 0 spiro atoms. The summed E-state index contributed by atoms with van der Waals surface area (Å²) in [7, 11) is 3.14. The van der Waals surface area contributed by atoms with Gasteiger partial charge in [0.05, 0.1) is 25.4 Å². The zero-order chi connectivity index (χ0) is 23.2. The average molecular weight is 447 g/mol. The number of hydrogen-bond donors (Lipinski definition) is 3. The van der Waals surface area contributed by atoms with E-state index in [1.807, 2.05) is 24.3 Å². The van der Waals surface area contributed by atoms with E-state index in [0.717, 1.165) is 10.9 Å². The zero-order valence-electron chi connectivity index (χ0n) is 18.1. The van der Waals surface area contributed by atoms with E-state index in [0.29, 0.717) is 35.1 Å². The molecule has 3 N–H and O–H groups in total. The number of aromatic nitrogens is 2. The molecule has 0 saturated heterocycles. The molecule has 1 aromatic heterocycles. The number of nitrogens with zero attached hydrogens (tertiary/aromatic N) is 2. The minimum Gasteiger partial charge on any atom is -0.493 e. The summed E-state index contributed by atoms with van der Waals surface area (Å²) in [4.78, 5) is 20.9. The number of halogens is 1. The number of methoxy groups -OCH3 is 2. The second-order valence-electron chi connectivity index (χ2n) is 7.06. The molecule has 0 radical (unpaired) electrons. The number of carbonyl (C=O) groups excluding carboxylic acids is 1. The minimum atomic E-state index is -0.534. The highest BCUT2D eigenvalue weighted by molar-refractivity contribution is 5.99. The molecule has 4 rings (SSSR count).